The van der Waals surface area contributed by atoms with Crippen molar-refractivity contribution in [3.8, 4) is 0 Å². The predicted octanol–water partition coefficient (Wildman–Crippen LogP) is 3.68. The molecule has 0 atom stereocenters. The molecule has 2 rings (SSSR count). The van der Waals surface area contributed by atoms with Crippen LogP contribution in [-0.4, -0.2) is 9.97 Å². The second-order valence-electron chi connectivity index (χ2n) is 2.05. The highest BCUT2D eigenvalue weighted by molar-refractivity contribution is 5.73. The molecule has 0 saturated carbocycles. The molecule has 2 heteroatoms. The van der Waals surface area contributed by atoms with Crippen molar-refractivity contribution >= 4 is 11.0 Å². The molecule has 2 aromatic rings. The van der Waals surface area contributed by atoms with Crippen LogP contribution in [0.5, 0.6) is 0 Å². The van der Waals surface area contributed by atoms with E-state index in [1.165, 1.54) is 0 Å². The van der Waals surface area contributed by atoms with Gasteiger partial charge in [-0.2, -0.15) is 0 Å². The minimum atomic E-state index is 0.810. The predicted molar refractivity (Wildman–Crippen MR) is 62.2 cm³/mol. The van der Waals surface area contributed by atoms with E-state index in [9.17, 15) is 0 Å². The molecule has 0 saturated heterocycles. The average molecular weight is 190 g/mol. The van der Waals surface area contributed by atoms with Crippen LogP contribution in [0.3, 0.4) is 0 Å². The summed E-state index contributed by atoms with van der Waals surface area (Å²) in [7, 11) is 0. The Morgan fingerprint density at radius 3 is 1.57 bits per heavy atom. The Labute approximate surface area is 86.0 Å². The SMILES string of the molecule is CC.CC.c1cnc2ncccc2c1. The highest BCUT2D eigenvalue weighted by Gasteiger charge is 1.88. The maximum Gasteiger partial charge on any atom is 0.159 e. The van der Waals surface area contributed by atoms with Crippen LogP contribution in [0.15, 0.2) is 36.7 Å². The number of pyridine rings is 2. The van der Waals surface area contributed by atoms with Gasteiger partial charge in [0.2, 0.25) is 0 Å². The highest BCUT2D eigenvalue weighted by Crippen LogP contribution is 2.04. The van der Waals surface area contributed by atoms with Crippen LogP contribution in [0.25, 0.3) is 11.0 Å². The van der Waals surface area contributed by atoms with E-state index in [4.69, 9.17) is 0 Å². The molecule has 0 bridgehead atoms. The maximum atomic E-state index is 4.07. The summed E-state index contributed by atoms with van der Waals surface area (Å²) in [5, 5.41) is 1.09. The molecular formula is C12H18N2. The third kappa shape index (κ3) is 3.52. The number of hydrogen-bond acceptors (Lipinski definition) is 2. The summed E-state index contributed by atoms with van der Waals surface area (Å²) in [6.07, 6.45) is 3.49. The van der Waals surface area contributed by atoms with Crippen molar-refractivity contribution in [3.05, 3.63) is 36.7 Å². The Bertz CT molecular complexity index is 279. The van der Waals surface area contributed by atoms with E-state index in [1.54, 1.807) is 12.4 Å². The molecule has 2 nitrogen and oxygen atoms in total. The third-order valence-electron chi connectivity index (χ3n) is 1.38. The summed E-state index contributed by atoms with van der Waals surface area (Å²) in [5.74, 6) is 0. The zero-order chi connectivity index (χ0) is 10.8. The molecule has 2 aromatic heterocycles. The summed E-state index contributed by atoms with van der Waals surface area (Å²) >= 11 is 0. The van der Waals surface area contributed by atoms with Crippen LogP contribution >= 0.6 is 0 Å². The molecule has 2 heterocycles. The molecule has 0 amide bonds. The van der Waals surface area contributed by atoms with Crippen molar-refractivity contribution in [2.24, 2.45) is 0 Å². The Morgan fingerprint density at radius 2 is 1.21 bits per heavy atom. The van der Waals surface area contributed by atoms with Crippen molar-refractivity contribution in [3.63, 3.8) is 0 Å². The molecule has 0 aliphatic heterocycles. The molecule has 0 unspecified atom stereocenters. The summed E-state index contributed by atoms with van der Waals surface area (Å²) in [4.78, 5) is 8.14. The van der Waals surface area contributed by atoms with Gasteiger partial charge < -0.3 is 0 Å². The first-order valence-electron chi connectivity index (χ1n) is 5.12. The van der Waals surface area contributed by atoms with Crippen LogP contribution in [0.2, 0.25) is 0 Å². The van der Waals surface area contributed by atoms with Crippen molar-refractivity contribution in [2.75, 3.05) is 0 Å². The minimum absolute atomic E-state index is 0.810. The summed E-state index contributed by atoms with van der Waals surface area (Å²) in [5.41, 5.74) is 0.810. The molecule has 0 radical (unpaired) electrons. The highest BCUT2D eigenvalue weighted by atomic mass is 14.8. The number of aromatic nitrogens is 2. The van der Waals surface area contributed by atoms with Gasteiger partial charge in [0.15, 0.2) is 5.65 Å². The molecule has 0 aromatic carbocycles. The van der Waals surface area contributed by atoms with Crippen LogP contribution < -0.4 is 0 Å². The number of hydrogen-bond donors (Lipinski definition) is 0. The average Bonchev–Trinajstić information content (AvgIpc) is 2.34. The maximum absolute atomic E-state index is 4.07. The standard InChI is InChI=1S/C8H6N2.2C2H6/c1-3-7-4-2-6-10-8(7)9-5-1;2*1-2/h1-6H;2*1-2H3. The van der Waals surface area contributed by atoms with Gasteiger partial charge in [0.1, 0.15) is 0 Å². The fourth-order valence-electron chi connectivity index (χ4n) is 0.908. The molecule has 0 N–H and O–H groups in total. The topological polar surface area (TPSA) is 25.8 Å². The lowest BCUT2D eigenvalue weighted by atomic mass is 10.3. The van der Waals surface area contributed by atoms with E-state index < -0.39 is 0 Å². The number of rotatable bonds is 0. The number of fused-ring (bicyclic) bond motifs is 1. The first kappa shape index (κ1) is 12.6. The lowest BCUT2D eigenvalue weighted by Gasteiger charge is -1.90. The molecular weight excluding hydrogens is 172 g/mol. The third-order valence-corrected chi connectivity index (χ3v) is 1.38. The van der Waals surface area contributed by atoms with Gasteiger partial charge in [-0.3, -0.25) is 0 Å². The fourth-order valence-corrected chi connectivity index (χ4v) is 0.908. The van der Waals surface area contributed by atoms with Gasteiger partial charge in [0, 0.05) is 17.8 Å². The van der Waals surface area contributed by atoms with Crippen LogP contribution in [0, 0.1) is 0 Å². The Balaban J connectivity index is 0.000000379. The smallest absolute Gasteiger partial charge is 0.159 e. The Morgan fingerprint density at radius 1 is 0.786 bits per heavy atom. The van der Waals surface area contributed by atoms with Gasteiger partial charge in [-0.25, -0.2) is 9.97 Å². The van der Waals surface area contributed by atoms with Gasteiger partial charge >= 0.3 is 0 Å². The van der Waals surface area contributed by atoms with E-state index in [0.717, 1.165) is 11.0 Å². The zero-order valence-electron chi connectivity index (χ0n) is 9.36. The summed E-state index contributed by atoms with van der Waals surface area (Å²) in [6.45, 7) is 8.00. The lowest BCUT2D eigenvalue weighted by molar-refractivity contribution is 1.29. The summed E-state index contributed by atoms with van der Waals surface area (Å²) < 4.78 is 0. The fraction of sp³-hybridized carbons (Fsp3) is 0.333. The molecule has 0 aliphatic carbocycles. The van der Waals surface area contributed by atoms with Crippen LogP contribution in [-0.2, 0) is 0 Å². The van der Waals surface area contributed by atoms with Gasteiger partial charge in [-0.1, -0.05) is 27.7 Å². The largest absolute Gasteiger partial charge is 0.237 e. The van der Waals surface area contributed by atoms with Gasteiger partial charge in [-0.05, 0) is 24.3 Å². The monoisotopic (exact) mass is 190 g/mol. The quantitative estimate of drug-likeness (QED) is 0.633. The van der Waals surface area contributed by atoms with Crippen molar-refractivity contribution in [2.45, 2.75) is 27.7 Å². The lowest BCUT2D eigenvalue weighted by Crippen LogP contribution is -1.78. The molecule has 0 aliphatic rings. The van der Waals surface area contributed by atoms with Crippen LogP contribution in [0.1, 0.15) is 27.7 Å². The number of nitrogens with zero attached hydrogens (tertiary/aromatic N) is 2. The van der Waals surface area contributed by atoms with Crippen LogP contribution in [0.4, 0.5) is 0 Å². The van der Waals surface area contributed by atoms with Crippen molar-refractivity contribution in [1.82, 2.24) is 9.97 Å². The van der Waals surface area contributed by atoms with Gasteiger partial charge in [-0.15, -0.1) is 0 Å². The summed E-state index contributed by atoms with van der Waals surface area (Å²) in [6, 6.07) is 7.80. The van der Waals surface area contributed by atoms with E-state index >= 15 is 0 Å². The first-order chi connectivity index (χ1) is 6.97. The minimum Gasteiger partial charge on any atom is -0.237 e. The van der Waals surface area contributed by atoms with Gasteiger partial charge in [0.05, 0.1) is 0 Å². The normalized spacial score (nSPS) is 8.00. The molecule has 14 heavy (non-hydrogen) atoms. The first-order valence-corrected chi connectivity index (χ1v) is 5.12. The molecule has 76 valence electrons. The second-order valence-corrected chi connectivity index (χ2v) is 2.05. The van der Waals surface area contributed by atoms with E-state index in [2.05, 4.69) is 9.97 Å². The van der Waals surface area contributed by atoms with E-state index in [0.29, 0.717) is 0 Å². The van der Waals surface area contributed by atoms with Crippen molar-refractivity contribution < 1.29 is 0 Å². The zero-order valence-corrected chi connectivity index (χ0v) is 9.36. The Kier molecular flexibility index (Phi) is 7.33. The molecule has 0 spiro atoms. The van der Waals surface area contributed by atoms with Crippen molar-refractivity contribution in [1.29, 1.82) is 0 Å². The van der Waals surface area contributed by atoms with E-state index in [-0.39, 0.29) is 0 Å². The second kappa shape index (κ2) is 8.17. The van der Waals surface area contributed by atoms with Gasteiger partial charge in [0.25, 0.3) is 0 Å². The van der Waals surface area contributed by atoms with E-state index in [1.807, 2.05) is 52.0 Å². The molecule has 0 fully saturated rings. The Hall–Kier alpha value is -1.44.